The number of alkyl halides is 3. The van der Waals surface area contributed by atoms with Crippen LogP contribution >= 0.6 is 27.7 Å². The zero-order chi connectivity index (χ0) is 30.8. The third-order valence-corrected chi connectivity index (χ3v) is 9.25. The third kappa shape index (κ3) is 6.69. The Morgan fingerprint density at radius 1 is 1.05 bits per heavy atom. The second kappa shape index (κ2) is 13.0. The molecule has 0 unspecified atom stereocenters. The first-order valence-corrected chi connectivity index (χ1v) is 16.2. The second-order valence-corrected chi connectivity index (χ2v) is 12.7. The number of anilines is 2. The van der Waals surface area contributed by atoms with Crippen LogP contribution in [0.5, 0.6) is 5.75 Å². The van der Waals surface area contributed by atoms with Gasteiger partial charge in [0.1, 0.15) is 23.1 Å². The Morgan fingerprint density at radius 2 is 1.84 bits per heavy atom. The molecule has 5 aromatic rings. The zero-order valence-corrected chi connectivity index (χ0v) is 26.3. The molecule has 6 rings (SSSR count). The van der Waals surface area contributed by atoms with E-state index in [-0.39, 0.29) is 11.5 Å². The van der Waals surface area contributed by atoms with E-state index in [1.165, 1.54) is 25.3 Å². The molecular formula is C31H30BrF4N5O2S. The number of piperidine rings is 1. The Kier molecular flexibility index (Phi) is 9.06. The second-order valence-electron chi connectivity index (χ2n) is 10.7. The van der Waals surface area contributed by atoms with Gasteiger partial charge in [-0.3, -0.25) is 4.90 Å². The highest BCUT2D eigenvalue weighted by Crippen LogP contribution is 2.39. The molecule has 1 fully saturated rings. The Balaban J connectivity index is 1.14. The van der Waals surface area contributed by atoms with E-state index < -0.39 is 17.6 Å². The van der Waals surface area contributed by atoms with Crippen LogP contribution in [0.25, 0.3) is 21.8 Å². The van der Waals surface area contributed by atoms with Crippen molar-refractivity contribution in [3.63, 3.8) is 0 Å². The molecule has 3 aromatic heterocycles. The highest BCUT2D eigenvalue weighted by atomic mass is 79.9. The van der Waals surface area contributed by atoms with Crippen molar-refractivity contribution in [3.8, 4) is 5.75 Å². The van der Waals surface area contributed by atoms with Crippen molar-refractivity contribution >= 4 is 61.0 Å². The first-order chi connectivity index (χ1) is 21.2. The van der Waals surface area contributed by atoms with Crippen molar-refractivity contribution in [1.82, 2.24) is 19.7 Å². The summed E-state index contributed by atoms with van der Waals surface area (Å²) < 4.78 is 68.6. The van der Waals surface area contributed by atoms with E-state index in [2.05, 4.69) is 42.4 Å². The van der Waals surface area contributed by atoms with E-state index in [1.807, 2.05) is 29.8 Å². The predicted molar refractivity (Wildman–Crippen MR) is 168 cm³/mol. The van der Waals surface area contributed by atoms with Crippen molar-refractivity contribution in [2.75, 3.05) is 30.8 Å². The number of halogens is 5. The number of furan rings is 1. The number of ether oxygens (including phenoxy) is 1. The minimum absolute atomic E-state index is 0.0401. The first-order valence-electron chi connectivity index (χ1n) is 14.2. The summed E-state index contributed by atoms with van der Waals surface area (Å²) in [5.74, 6) is 2.97. The number of rotatable bonds is 10. The molecule has 2 aromatic carbocycles. The van der Waals surface area contributed by atoms with Gasteiger partial charge in [0.05, 0.1) is 51.6 Å². The maximum atomic E-state index is 13.9. The molecule has 0 atom stereocenters. The quantitative estimate of drug-likeness (QED) is 0.116. The van der Waals surface area contributed by atoms with Crippen LogP contribution in [-0.2, 0) is 25.5 Å². The Hall–Kier alpha value is -3.29. The fraction of sp³-hybridized carbons (Fsp3) is 0.355. The first kappa shape index (κ1) is 30.7. The van der Waals surface area contributed by atoms with Crippen molar-refractivity contribution in [3.05, 3.63) is 76.0 Å². The monoisotopic (exact) mass is 691 g/mol. The van der Waals surface area contributed by atoms with Crippen molar-refractivity contribution in [2.45, 2.75) is 37.7 Å². The van der Waals surface area contributed by atoms with Crippen LogP contribution in [0.2, 0.25) is 0 Å². The van der Waals surface area contributed by atoms with Crippen LogP contribution in [0.1, 0.15) is 36.3 Å². The molecule has 1 aliphatic rings. The largest absolute Gasteiger partial charge is 0.492 e. The molecule has 44 heavy (non-hydrogen) atoms. The molecule has 7 nitrogen and oxygen atoms in total. The SMILES string of the molecule is Cn1c2cc(Br)c(OCCSCc3ccc(CN4CCCCC4)o3)cc2c2c(Nc3ccc(F)c(C(F)(F)F)c3)nncc21. The van der Waals surface area contributed by atoms with E-state index in [9.17, 15) is 17.6 Å². The molecule has 13 heteroatoms. The van der Waals surface area contributed by atoms with Gasteiger partial charge in [0.15, 0.2) is 5.82 Å². The van der Waals surface area contributed by atoms with E-state index in [0.717, 1.165) is 70.2 Å². The molecule has 0 aliphatic carbocycles. The third-order valence-electron chi connectivity index (χ3n) is 7.68. The Morgan fingerprint density at radius 3 is 2.64 bits per heavy atom. The van der Waals surface area contributed by atoms with Crippen molar-refractivity contribution in [1.29, 1.82) is 0 Å². The maximum Gasteiger partial charge on any atom is 0.419 e. The lowest BCUT2D eigenvalue weighted by molar-refractivity contribution is -0.139. The van der Waals surface area contributed by atoms with Crippen LogP contribution in [0, 0.1) is 5.82 Å². The van der Waals surface area contributed by atoms with Gasteiger partial charge in [0.25, 0.3) is 0 Å². The molecule has 1 N–H and O–H groups in total. The van der Waals surface area contributed by atoms with Crippen molar-refractivity contribution in [2.24, 2.45) is 7.05 Å². The summed E-state index contributed by atoms with van der Waals surface area (Å²) in [7, 11) is 1.87. The molecule has 1 saturated heterocycles. The van der Waals surface area contributed by atoms with Gasteiger partial charge in [-0.15, -0.1) is 5.10 Å². The molecule has 0 saturated carbocycles. The summed E-state index contributed by atoms with van der Waals surface area (Å²) >= 11 is 5.33. The molecule has 0 amide bonds. The van der Waals surface area contributed by atoms with Gasteiger partial charge in [-0.05, 0) is 84.3 Å². The van der Waals surface area contributed by atoms with Gasteiger partial charge >= 0.3 is 6.18 Å². The van der Waals surface area contributed by atoms with Gasteiger partial charge in [-0.25, -0.2) is 4.39 Å². The molecule has 0 spiro atoms. The lowest BCUT2D eigenvalue weighted by atomic mass is 10.1. The van der Waals surface area contributed by atoms with Crippen LogP contribution in [0.4, 0.5) is 29.1 Å². The van der Waals surface area contributed by atoms with Gasteiger partial charge in [0.2, 0.25) is 0 Å². The maximum absolute atomic E-state index is 13.9. The summed E-state index contributed by atoms with van der Waals surface area (Å²) in [6, 6.07) is 10.7. The zero-order valence-electron chi connectivity index (χ0n) is 23.9. The number of nitrogens with one attached hydrogen (secondary N) is 1. The summed E-state index contributed by atoms with van der Waals surface area (Å²) in [5.41, 5.74) is 0.245. The van der Waals surface area contributed by atoms with Gasteiger partial charge in [-0.1, -0.05) is 6.42 Å². The lowest BCUT2D eigenvalue weighted by Gasteiger charge is -2.25. The molecule has 1 aliphatic heterocycles. The molecule has 4 heterocycles. The van der Waals surface area contributed by atoms with Gasteiger partial charge < -0.3 is 19.0 Å². The van der Waals surface area contributed by atoms with Gasteiger partial charge in [0, 0.05) is 23.9 Å². The van der Waals surface area contributed by atoms with E-state index in [1.54, 1.807) is 18.0 Å². The number of benzene rings is 2. The molecular weight excluding hydrogens is 662 g/mol. The minimum Gasteiger partial charge on any atom is -0.492 e. The number of hydrogen-bond acceptors (Lipinski definition) is 7. The average Bonchev–Trinajstić information content (AvgIpc) is 3.55. The molecule has 0 bridgehead atoms. The average molecular weight is 693 g/mol. The Bertz CT molecular complexity index is 1780. The molecule has 0 radical (unpaired) electrons. The summed E-state index contributed by atoms with van der Waals surface area (Å²) in [6.45, 7) is 3.58. The standard InChI is InChI=1S/C31H30BrF4N5O2S/c1-40-26-15-24(32)28(42-11-12-44-18-21-7-6-20(43-21)17-41-9-3-2-4-10-41)14-22(26)29-27(40)16-37-39-30(29)38-19-5-8-25(33)23(13-19)31(34,35)36/h5-8,13-16H,2-4,9-12,17-18H2,1H3,(H,38,39). The smallest absolute Gasteiger partial charge is 0.419 e. The molecule has 232 valence electrons. The minimum atomic E-state index is -4.83. The van der Waals surface area contributed by atoms with Gasteiger partial charge in [-0.2, -0.15) is 30.0 Å². The number of fused-ring (bicyclic) bond motifs is 3. The topological polar surface area (TPSA) is 68.3 Å². The van der Waals surface area contributed by atoms with Crippen LogP contribution in [0.15, 0.2) is 57.6 Å². The van der Waals surface area contributed by atoms with E-state index in [0.29, 0.717) is 23.3 Å². The van der Waals surface area contributed by atoms with E-state index in [4.69, 9.17) is 9.15 Å². The number of aromatic nitrogens is 3. The fourth-order valence-corrected chi connectivity index (χ4v) is 6.66. The fourth-order valence-electron chi connectivity index (χ4n) is 5.51. The number of aryl methyl sites for hydroxylation is 1. The highest BCUT2D eigenvalue weighted by molar-refractivity contribution is 9.10. The van der Waals surface area contributed by atoms with Crippen LogP contribution < -0.4 is 10.1 Å². The lowest BCUT2D eigenvalue weighted by Crippen LogP contribution is -2.28. The van der Waals surface area contributed by atoms with Crippen LogP contribution in [0.3, 0.4) is 0 Å². The van der Waals surface area contributed by atoms with E-state index >= 15 is 0 Å². The Labute approximate surface area is 264 Å². The number of hydrogen-bond donors (Lipinski definition) is 1. The highest BCUT2D eigenvalue weighted by Gasteiger charge is 2.34. The predicted octanol–water partition coefficient (Wildman–Crippen LogP) is 8.68. The summed E-state index contributed by atoms with van der Waals surface area (Å²) in [5, 5.41) is 12.5. The summed E-state index contributed by atoms with van der Waals surface area (Å²) in [4.78, 5) is 2.44. The van der Waals surface area contributed by atoms with Crippen LogP contribution in [-0.4, -0.2) is 45.1 Å². The number of nitrogens with zero attached hydrogens (tertiary/aromatic N) is 4. The number of likely N-dealkylation sites (tertiary alicyclic amines) is 1. The van der Waals surface area contributed by atoms with Crippen molar-refractivity contribution < 1.29 is 26.7 Å². The summed E-state index contributed by atoms with van der Waals surface area (Å²) in [6.07, 6.45) is 0.570. The normalized spacial score (nSPS) is 14.5. The number of thioether (sulfide) groups is 1.